The van der Waals surface area contributed by atoms with E-state index in [9.17, 15) is 0 Å². The summed E-state index contributed by atoms with van der Waals surface area (Å²) in [5.74, 6) is 1.94. The van der Waals surface area contributed by atoms with Gasteiger partial charge in [0.25, 0.3) is 0 Å². The van der Waals surface area contributed by atoms with Crippen LogP contribution in [0.2, 0.25) is 0 Å². The summed E-state index contributed by atoms with van der Waals surface area (Å²) in [6.45, 7) is 0. The van der Waals surface area contributed by atoms with Crippen molar-refractivity contribution in [3.63, 3.8) is 0 Å². The second kappa shape index (κ2) is 3.58. The van der Waals surface area contributed by atoms with Crippen molar-refractivity contribution in [1.29, 1.82) is 0 Å². The van der Waals surface area contributed by atoms with Crippen LogP contribution in [0, 0.1) is 0 Å². The minimum absolute atomic E-state index is 0.780. The fraction of sp³-hybridized carbons (Fsp3) is 0.286. The van der Waals surface area contributed by atoms with Gasteiger partial charge >= 0.3 is 0 Å². The zero-order chi connectivity index (χ0) is 10.1. The Bertz CT molecular complexity index is 437. The third-order valence-corrected chi connectivity index (χ3v) is 3.00. The van der Waals surface area contributed by atoms with E-state index in [1.165, 1.54) is 24.0 Å². The van der Waals surface area contributed by atoms with E-state index < -0.39 is 0 Å². The predicted molar refractivity (Wildman–Crippen MR) is 59.9 cm³/mol. The van der Waals surface area contributed by atoms with Crippen molar-refractivity contribution >= 4 is 0 Å². The van der Waals surface area contributed by atoms with Gasteiger partial charge in [-0.15, -0.1) is 0 Å². The standard InChI is InChI=1S/C14H14O/c1-2-4-11(5-3-1)10-14-13(8-9-15-14)12-6-7-12/h1-5,8-9,12H,6-7,10H2. The Morgan fingerprint density at radius 3 is 2.60 bits per heavy atom. The van der Waals surface area contributed by atoms with E-state index in [0.29, 0.717) is 0 Å². The van der Waals surface area contributed by atoms with Crippen LogP contribution in [-0.2, 0) is 6.42 Å². The summed E-state index contributed by atoms with van der Waals surface area (Å²) in [5, 5.41) is 0. The van der Waals surface area contributed by atoms with E-state index in [-0.39, 0.29) is 0 Å². The highest BCUT2D eigenvalue weighted by atomic mass is 16.3. The molecule has 0 unspecified atom stereocenters. The summed E-state index contributed by atoms with van der Waals surface area (Å²) < 4.78 is 5.57. The zero-order valence-corrected chi connectivity index (χ0v) is 8.65. The van der Waals surface area contributed by atoms with Crippen molar-refractivity contribution in [2.75, 3.05) is 0 Å². The highest BCUT2D eigenvalue weighted by Gasteiger charge is 2.27. The van der Waals surface area contributed by atoms with Crippen molar-refractivity contribution in [3.05, 3.63) is 59.5 Å². The van der Waals surface area contributed by atoms with Crippen LogP contribution in [0.3, 0.4) is 0 Å². The van der Waals surface area contributed by atoms with Crippen LogP contribution in [0.25, 0.3) is 0 Å². The highest BCUT2D eigenvalue weighted by molar-refractivity contribution is 5.30. The molecule has 76 valence electrons. The molecular weight excluding hydrogens is 184 g/mol. The lowest BCUT2D eigenvalue weighted by atomic mass is 10.1. The van der Waals surface area contributed by atoms with Gasteiger partial charge in [0.15, 0.2) is 0 Å². The fourth-order valence-electron chi connectivity index (χ4n) is 2.03. The molecule has 0 N–H and O–H groups in total. The van der Waals surface area contributed by atoms with Crippen LogP contribution in [0.15, 0.2) is 47.1 Å². The molecule has 0 saturated heterocycles. The maximum Gasteiger partial charge on any atom is 0.111 e. The highest BCUT2D eigenvalue weighted by Crippen LogP contribution is 2.42. The first-order valence-electron chi connectivity index (χ1n) is 5.53. The minimum atomic E-state index is 0.780. The average molecular weight is 198 g/mol. The van der Waals surface area contributed by atoms with Gasteiger partial charge < -0.3 is 4.42 Å². The van der Waals surface area contributed by atoms with Crippen LogP contribution in [0.5, 0.6) is 0 Å². The minimum Gasteiger partial charge on any atom is -0.469 e. The normalized spacial score (nSPS) is 15.5. The number of hydrogen-bond acceptors (Lipinski definition) is 1. The van der Waals surface area contributed by atoms with Gasteiger partial charge in [0.05, 0.1) is 6.26 Å². The van der Waals surface area contributed by atoms with Crippen LogP contribution < -0.4 is 0 Å². The van der Waals surface area contributed by atoms with Gasteiger partial charge in [0.2, 0.25) is 0 Å². The summed E-state index contributed by atoms with van der Waals surface area (Å²) in [4.78, 5) is 0. The Morgan fingerprint density at radius 2 is 1.87 bits per heavy atom. The number of furan rings is 1. The molecule has 2 aromatic rings. The Morgan fingerprint density at radius 1 is 1.07 bits per heavy atom. The first-order valence-corrected chi connectivity index (χ1v) is 5.53. The molecule has 3 rings (SSSR count). The van der Waals surface area contributed by atoms with Gasteiger partial charge in [0, 0.05) is 6.42 Å². The fourth-order valence-corrected chi connectivity index (χ4v) is 2.03. The van der Waals surface area contributed by atoms with Crippen molar-refractivity contribution in [2.45, 2.75) is 25.2 Å². The molecule has 1 heterocycles. The van der Waals surface area contributed by atoms with Gasteiger partial charge in [-0.2, -0.15) is 0 Å². The molecule has 1 aromatic heterocycles. The Kier molecular flexibility index (Phi) is 2.09. The SMILES string of the molecule is c1ccc(Cc2occc2C2CC2)cc1. The van der Waals surface area contributed by atoms with Gasteiger partial charge in [-0.05, 0) is 36.0 Å². The summed E-state index contributed by atoms with van der Waals surface area (Å²) in [6.07, 6.45) is 5.42. The maximum atomic E-state index is 5.57. The van der Waals surface area contributed by atoms with E-state index >= 15 is 0 Å². The summed E-state index contributed by atoms with van der Waals surface area (Å²) in [7, 11) is 0. The van der Waals surface area contributed by atoms with Crippen LogP contribution in [0.1, 0.15) is 35.6 Å². The molecule has 1 fully saturated rings. The van der Waals surface area contributed by atoms with Gasteiger partial charge in [0.1, 0.15) is 5.76 Å². The molecule has 0 spiro atoms. The maximum absolute atomic E-state index is 5.57. The molecule has 1 aromatic carbocycles. The van der Waals surface area contributed by atoms with E-state index in [1.807, 2.05) is 12.3 Å². The molecule has 1 saturated carbocycles. The number of rotatable bonds is 3. The number of hydrogen-bond donors (Lipinski definition) is 0. The van der Waals surface area contributed by atoms with E-state index in [0.717, 1.165) is 18.1 Å². The van der Waals surface area contributed by atoms with Crippen molar-refractivity contribution in [2.24, 2.45) is 0 Å². The molecule has 1 nitrogen and oxygen atoms in total. The average Bonchev–Trinajstić information content (AvgIpc) is 3.02. The van der Waals surface area contributed by atoms with Gasteiger partial charge in [-0.25, -0.2) is 0 Å². The number of benzene rings is 1. The topological polar surface area (TPSA) is 13.1 Å². The van der Waals surface area contributed by atoms with E-state index in [1.54, 1.807) is 0 Å². The Labute approximate surface area is 89.7 Å². The molecule has 0 amide bonds. The molecule has 1 aliphatic carbocycles. The molecule has 0 bridgehead atoms. The molecule has 0 atom stereocenters. The molecular formula is C14H14O. The van der Waals surface area contributed by atoms with E-state index in [2.05, 4.69) is 30.3 Å². The zero-order valence-electron chi connectivity index (χ0n) is 8.65. The van der Waals surface area contributed by atoms with Crippen LogP contribution >= 0.6 is 0 Å². The molecule has 0 radical (unpaired) electrons. The monoisotopic (exact) mass is 198 g/mol. The third-order valence-electron chi connectivity index (χ3n) is 3.00. The lowest BCUT2D eigenvalue weighted by Crippen LogP contribution is -1.89. The van der Waals surface area contributed by atoms with Gasteiger partial charge in [-0.1, -0.05) is 30.3 Å². The first kappa shape index (κ1) is 8.78. The van der Waals surface area contributed by atoms with Crippen LogP contribution in [0.4, 0.5) is 0 Å². The van der Waals surface area contributed by atoms with E-state index in [4.69, 9.17) is 4.42 Å². The summed E-state index contributed by atoms with van der Waals surface area (Å²) in [6, 6.07) is 12.6. The largest absolute Gasteiger partial charge is 0.469 e. The van der Waals surface area contributed by atoms with Gasteiger partial charge in [-0.3, -0.25) is 0 Å². The van der Waals surface area contributed by atoms with Crippen molar-refractivity contribution in [1.82, 2.24) is 0 Å². The lowest BCUT2D eigenvalue weighted by molar-refractivity contribution is 0.516. The Hall–Kier alpha value is -1.50. The lowest BCUT2D eigenvalue weighted by Gasteiger charge is -2.01. The predicted octanol–water partition coefficient (Wildman–Crippen LogP) is 3.75. The molecule has 15 heavy (non-hydrogen) atoms. The summed E-state index contributed by atoms with van der Waals surface area (Å²) in [5.41, 5.74) is 2.76. The molecule has 0 aliphatic heterocycles. The molecule has 1 heteroatoms. The second-order valence-electron chi connectivity index (χ2n) is 4.24. The van der Waals surface area contributed by atoms with Crippen molar-refractivity contribution in [3.8, 4) is 0 Å². The van der Waals surface area contributed by atoms with Crippen LogP contribution in [-0.4, -0.2) is 0 Å². The Balaban J connectivity index is 1.84. The molecule has 1 aliphatic rings. The second-order valence-corrected chi connectivity index (χ2v) is 4.24. The summed E-state index contributed by atoms with van der Waals surface area (Å²) >= 11 is 0. The quantitative estimate of drug-likeness (QED) is 0.732. The third kappa shape index (κ3) is 1.82. The smallest absolute Gasteiger partial charge is 0.111 e. The first-order chi connectivity index (χ1) is 7.43. The van der Waals surface area contributed by atoms with Crippen molar-refractivity contribution < 1.29 is 4.42 Å².